The van der Waals surface area contributed by atoms with Gasteiger partial charge in [-0.05, 0) is 44.0 Å². The summed E-state index contributed by atoms with van der Waals surface area (Å²) in [6, 6.07) is 14.4. The Kier molecular flexibility index (Phi) is 6.91. The highest BCUT2D eigenvalue weighted by atomic mass is 16.5. The molecule has 5 heteroatoms. The number of hydrogen-bond acceptors (Lipinski definition) is 3. The van der Waals surface area contributed by atoms with Crippen LogP contribution in [0, 0.1) is 19.8 Å². The summed E-state index contributed by atoms with van der Waals surface area (Å²) in [6.45, 7) is 10.1. The average molecular weight is 394 g/mol. The zero-order valence-electron chi connectivity index (χ0n) is 17.9. The van der Waals surface area contributed by atoms with Gasteiger partial charge in [-0.2, -0.15) is 0 Å². The topological polar surface area (TPSA) is 56.1 Å². The summed E-state index contributed by atoms with van der Waals surface area (Å²) < 4.78 is 8.24. The largest absolute Gasteiger partial charge is 0.493 e. The molecule has 0 saturated heterocycles. The SMILES string of the molecule is Cc1ccc(OCCCn2c(CCNC(=O)C(C)C)nc3ccccc32)c(C)c1. The van der Waals surface area contributed by atoms with Gasteiger partial charge in [0.05, 0.1) is 17.6 Å². The van der Waals surface area contributed by atoms with E-state index in [-0.39, 0.29) is 11.8 Å². The number of ether oxygens (including phenoxy) is 1. The number of rotatable bonds is 9. The molecule has 1 aromatic heterocycles. The summed E-state index contributed by atoms with van der Waals surface area (Å²) >= 11 is 0. The van der Waals surface area contributed by atoms with Gasteiger partial charge in [0, 0.05) is 25.4 Å². The van der Waals surface area contributed by atoms with Crippen LogP contribution in [0.2, 0.25) is 0 Å². The number of amides is 1. The van der Waals surface area contributed by atoms with Crippen LogP contribution in [0.5, 0.6) is 5.75 Å². The first kappa shape index (κ1) is 20.9. The van der Waals surface area contributed by atoms with E-state index in [2.05, 4.69) is 41.9 Å². The predicted molar refractivity (Wildman–Crippen MR) is 117 cm³/mol. The van der Waals surface area contributed by atoms with Crippen molar-refractivity contribution in [2.75, 3.05) is 13.2 Å². The number of hydrogen-bond donors (Lipinski definition) is 1. The van der Waals surface area contributed by atoms with E-state index in [1.54, 1.807) is 0 Å². The van der Waals surface area contributed by atoms with Crippen molar-refractivity contribution in [2.24, 2.45) is 5.92 Å². The normalized spacial score (nSPS) is 11.2. The van der Waals surface area contributed by atoms with E-state index < -0.39 is 0 Å². The smallest absolute Gasteiger partial charge is 0.222 e. The molecule has 0 unspecified atom stereocenters. The van der Waals surface area contributed by atoms with Gasteiger partial charge in [-0.15, -0.1) is 0 Å². The third-order valence-electron chi connectivity index (χ3n) is 5.02. The van der Waals surface area contributed by atoms with Crippen LogP contribution < -0.4 is 10.1 Å². The fourth-order valence-corrected chi connectivity index (χ4v) is 3.43. The second kappa shape index (κ2) is 9.59. The van der Waals surface area contributed by atoms with Crippen LogP contribution in [0.1, 0.15) is 37.2 Å². The molecule has 1 heterocycles. The second-order valence-electron chi connectivity index (χ2n) is 7.84. The number of aromatic nitrogens is 2. The van der Waals surface area contributed by atoms with E-state index in [1.807, 2.05) is 38.1 Å². The van der Waals surface area contributed by atoms with Crippen molar-refractivity contribution in [1.29, 1.82) is 0 Å². The first-order chi connectivity index (χ1) is 14.0. The Morgan fingerprint density at radius 2 is 1.97 bits per heavy atom. The Bertz CT molecular complexity index is 975. The van der Waals surface area contributed by atoms with Gasteiger partial charge in [0.1, 0.15) is 11.6 Å². The molecule has 0 aliphatic rings. The molecule has 0 fully saturated rings. The highest BCUT2D eigenvalue weighted by Crippen LogP contribution is 2.20. The number of carbonyl (C=O) groups is 1. The second-order valence-corrected chi connectivity index (χ2v) is 7.84. The van der Waals surface area contributed by atoms with Crippen LogP contribution in [0.3, 0.4) is 0 Å². The molecule has 0 spiro atoms. The highest BCUT2D eigenvalue weighted by Gasteiger charge is 2.12. The molecule has 3 rings (SSSR count). The number of benzene rings is 2. The number of fused-ring (bicyclic) bond motifs is 1. The number of para-hydroxylation sites is 2. The molecule has 1 N–H and O–H groups in total. The summed E-state index contributed by atoms with van der Waals surface area (Å²) in [6.07, 6.45) is 1.60. The Morgan fingerprint density at radius 1 is 1.17 bits per heavy atom. The molecular formula is C24H31N3O2. The van der Waals surface area contributed by atoms with E-state index in [9.17, 15) is 4.79 Å². The lowest BCUT2D eigenvalue weighted by Gasteiger charge is -2.12. The lowest BCUT2D eigenvalue weighted by molar-refractivity contribution is -0.123. The molecule has 154 valence electrons. The molecule has 29 heavy (non-hydrogen) atoms. The Hall–Kier alpha value is -2.82. The molecule has 3 aromatic rings. The Labute approximate surface area is 173 Å². The van der Waals surface area contributed by atoms with Crippen LogP contribution >= 0.6 is 0 Å². The minimum Gasteiger partial charge on any atom is -0.493 e. The fourth-order valence-electron chi connectivity index (χ4n) is 3.43. The molecule has 2 aromatic carbocycles. The molecule has 1 amide bonds. The molecule has 5 nitrogen and oxygen atoms in total. The van der Waals surface area contributed by atoms with Crippen molar-refractivity contribution in [1.82, 2.24) is 14.9 Å². The maximum atomic E-state index is 11.8. The van der Waals surface area contributed by atoms with Crippen molar-refractivity contribution >= 4 is 16.9 Å². The van der Waals surface area contributed by atoms with E-state index in [0.29, 0.717) is 19.6 Å². The first-order valence-corrected chi connectivity index (χ1v) is 10.4. The minimum atomic E-state index is -0.00352. The lowest BCUT2D eigenvalue weighted by atomic mass is 10.1. The van der Waals surface area contributed by atoms with Crippen molar-refractivity contribution in [3.63, 3.8) is 0 Å². The van der Waals surface area contributed by atoms with Gasteiger partial charge in [-0.1, -0.05) is 43.7 Å². The van der Waals surface area contributed by atoms with Gasteiger partial charge in [0.25, 0.3) is 0 Å². The van der Waals surface area contributed by atoms with Crippen molar-refractivity contribution < 1.29 is 9.53 Å². The molecule has 0 atom stereocenters. The van der Waals surface area contributed by atoms with Crippen LogP contribution in [-0.2, 0) is 17.8 Å². The first-order valence-electron chi connectivity index (χ1n) is 10.4. The molecular weight excluding hydrogens is 362 g/mol. The van der Waals surface area contributed by atoms with Crippen LogP contribution in [-0.4, -0.2) is 28.6 Å². The average Bonchev–Trinajstić information content (AvgIpc) is 3.04. The fraction of sp³-hybridized carbons (Fsp3) is 0.417. The molecule has 0 radical (unpaired) electrons. The van der Waals surface area contributed by atoms with Gasteiger partial charge in [-0.3, -0.25) is 4.79 Å². The maximum Gasteiger partial charge on any atom is 0.222 e. The van der Waals surface area contributed by atoms with Crippen molar-refractivity contribution in [3.05, 3.63) is 59.4 Å². The number of aryl methyl sites for hydroxylation is 3. The summed E-state index contributed by atoms with van der Waals surface area (Å²) in [4.78, 5) is 16.6. The standard InChI is InChI=1S/C24H31N3O2/c1-17(2)24(28)25-13-12-23-26-20-8-5-6-9-21(20)27(23)14-7-15-29-22-11-10-18(3)16-19(22)4/h5-6,8-11,16-17H,7,12-15H2,1-4H3,(H,25,28). The summed E-state index contributed by atoms with van der Waals surface area (Å²) in [5.74, 6) is 2.02. The summed E-state index contributed by atoms with van der Waals surface area (Å²) in [5.41, 5.74) is 4.53. The third-order valence-corrected chi connectivity index (χ3v) is 5.02. The quantitative estimate of drug-likeness (QED) is 0.547. The van der Waals surface area contributed by atoms with Crippen molar-refractivity contribution in [2.45, 2.75) is 47.1 Å². The zero-order chi connectivity index (χ0) is 20.8. The van der Waals surface area contributed by atoms with E-state index >= 15 is 0 Å². The van der Waals surface area contributed by atoms with Crippen molar-refractivity contribution in [3.8, 4) is 5.75 Å². The number of imidazole rings is 1. The van der Waals surface area contributed by atoms with Gasteiger partial charge in [-0.25, -0.2) is 4.98 Å². The molecule has 0 saturated carbocycles. The minimum absolute atomic E-state index is 0.00352. The lowest BCUT2D eigenvalue weighted by Crippen LogP contribution is -2.30. The number of carbonyl (C=O) groups excluding carboxylic acids is 1. The highest BCUT2D eigenvalue weighted by molar-refractivity contribution is 5.78. The Balaban J connectivity index is 1.63. The number of nitrogens with zero attached hydrogens (tertiary/aromatic N) is 2. The summed E-state index contributed by atoms with van der Waals surface area (Å²) in [7, 11) is 0. The van der Waals surface area contributed by atoms with Crippen LogP contribution in [0.25, 0.3) is 11.0 Å². The van der Waals surface area contributed by atoms with Gasteiger partial charge >= 0.3 is 0 Å². The Morgan fingerprint density at radius 3 is 2.72 bits per heavy atom. The van der Waals surface area contributed by atoms with E-state index in [4.69, 9.17) is 9.72 Å². The van der Waals surface area contributed by atoms with E-state index in [0.717, 1.165) is 35.6 Å². The maximum absolute atomic E-state index is 11.8. The zero-order valence-corrected chi connectivity index (χ0v) is 17.9. The van der Waals surface area contributed by atoms with Gasteiger partial charge in [0.15, 0.2) is 0 Å². The predicted octanol–water partition coefficient (Wildman–Crippen LogP) is 4.44. The van der Waals surface area contributed by atoms with Crippen LogP contribution in [0.4, 0.5) is 0 Å². The molecule has 0 aliphatic carbocycles. The number of nitrogens with one attached hydrogen (secondary N) is 1. The molecule has 0 bridgehead atoms. The van der Waals surface area contributed by atoms with E-state index in [1.165, 1.54) is 11.1 Å². The van der Waals surface area contributed by atoms with Gasteiger partial charge < -0.3 is 14.6 Å². The van der Waals surface area contributed by atoms with Crippen LogP contribution in [0.15, 0.2) is 42.5 Å². The summed E-state index contributed by atoms with van der Waals surface area (Å²) in [5, 5.41) is 2.98. The molecule has 0 aliphatic heterocycles. The monoisotopic (exact) mass is 393 g/mol. The van der Waals surface area contributed by atoms with Gasteiger partial charge in [0.2, 0.25) is 5.91 Å². The third kappa shape index (κ3) is 5.37.